The Morgan fingerprint density at radius 3 is 2.94 bits per heavy atom. The second-order valence-corrected chi connectivity index (χ2v) is 3.51. The van der Waals surface area contributed by atoms with Crippen LogP contribution in [0, 0.1) is 0 Å². The van der Waals surface area contributed by atoms with Crippen molar-refractivity contribution in [2.75, 3.05) is 24.6 Å². The number of anilines is 1. The molecule has 0 saturated heterocycles. The smallest absolute Gasteiger partial charge is 0.182 e. The summed E-state index contributed by atoms with van der Waals surface area (Å²) in [6, 6.07) is 0. The third-order valence-electron chi connectivity index (χ3n) is 2.37. The molecule has 2 rings (SSSR count). The van der Waals surface area contributed by atoms with Crippen molar-refractivity contribution >= 4 is 17.0 Å². The van der Waals surface area contributed by atoms with E-state index in [1.54, 1.807) is 6.33 Å². The number of nitrogens with zero attached hydrogens (tertiary/aromatic N) is 4. The molecule has 0 amide bonds. The molecule has 2 heterocycles. The van der Waals surface area contributed by atoms with E-state index in [1.807, 2.05) is 4.90 Å². The average Bonchev–Trinajstić information content (AvgIpc) is 2.76. The van der Waals surface area contributed by atoms with E-state index in [4.69, 9.17) is 5.11 Å². The molecule has 0 saturated carbocycles. The van der Waals surface area contributed by atoms with E-state index in [2.05, 4.69) is 26.9 Å². The van der Waals surface area contributed by atoms with Crippen molar-refractivity contribution in [2.45, 2.75) is 13.3 Å². The highest BCUT2D eigenvalue weighted by Crippen LogP contribution is 2.19. The average molecular weight is 221 g/mol. The maximum absolute atomic E-state index is 9.04. The third kappa shape index (κ3) is 1.96. The molecule has 6 heteroatoms. The lowest BCUT2D eigenvalue weighted by molar-refractivity contribution is 0.301. The normalized spacial score (nSPS) is 10.9. The number of aromatic amines is 1. The molecule has 0 aliphatic carbocycles. The van der Waals surface area contributed by atoms with Crippen LogP contribution in [0.4, 0.5) is 5.82 Å². The summed E-state index contributed by atoms with van der Waals surface area (Å²) in [5, 5.41) is 9.04. The van der Waals surface area contributed by atoms with E-state index < -0.39 is 0 Å². The van der Waals surface area contributed by atoms with Crippen LogP contribution in [0.5, 0.6) is 0 Å². The zero-order chi connectivity index (χ0) is 11.4. The van der Waals surface area contributed by atoms with E-state index in [-0.39, 0.29) is 6.61 Å². The Kier molecular flexibility index (Phi) is 3.31. The van der Waals surface area contributed by atoms with E-state index in [9.17, 15) is 0 Å². The fourth-order valence-electron chi connectivity index (χ4n) is 1.71. The van der Waals surface area contributed by atoms with Gasteiger partial charge < -0.3 is 15.0 Å². The fourth-order valence-corrected chi connectivity index (χ4v) is 1.71. The van der Waals surface area contributed by atoms with Crippen molar-refractivity contribution in [3.8, 4) is 0 Å². The van der Waals surface area contributed by atoms with Gasteiger partial charge in [-0.1, -0.05) is 6.92 Å². The molecule has 16 heavy (non-hydrogen) atoms. The number of rotatable bonds is 5. The van der Waals surface area contributed by atoms with Crippen molar-refractivity contribution in [2.24, 2.45) is 0 Å². The number of fused-ring (bicyclic) bond motifs is 1. The standard InChI is InChI=1S/C10H15N5O/c1-2-3-15(4-5-16)10-8-9(12-6-11-8)13-7-14-10/h6-7,16H,2-5H2,1H3,(H,11,12,13,14). The van der Waals surface area contributed by atoms with Gasteiger partial charge in [0, 0.05) is 13.1 Å². The topological polar surface area (TPSA) is 77.9 Å². The van der Waals surface area contributed by atoms with Crippen LogP contribution < -0.4 is 4.90 Å². The molecule has 0 atom stereocenters. The van der Waals surface area contributed by atoms with Crippen molar-refractivity contribution in [3.63, 3.8) is 0 Å². The predicted octanol–water partition coefficient (Wildman–Crippen LogP) is 0.562. The lowest BCUT2D eigenvalue weighted by Crippen LogP contribution is -2.28. The van der Waals surface area contributed by atoms with Crippen LogP contribution in [0.1, 0.15) is 13.3 Å². The molecule has 6 nitrogen and oxygen atoms in total. The number of hydrogen-bond acceptors (Lipinski definition) is 5. The minimum atomic E-state index is 0.111. The highest BCUT2D eigenvalue weighted by Gasteiger charge is 2.12. The quantitative estimate of drug-likeness (QED) is 0.771. The molecule has 0 fully saturated rings. The van der Waals surface area contributed by atoms with Gasteiger partial charge in [-0.25, -0.2) is 15.0 Å². The Bertz CT molecular complexity index is 449. The molecule has 2 N–H and O–H groups in total. The summed E-state index contributed by atoms with van der Waals surface area (Å²) in [7, 11) is 0. The van der Waals surface area contributed by atoms with Gasteiger partial charge in [0.25, 0.3) is 0 Å². The van der Waals surface area contributed by atoms with Gasteiger partial charge in [0.1, 0.15) is 11.8 Å². The van der Waals surface area contributed by atoms with Gasteiger partial charge in [0.2, 0.25) is 0 Å². The van der Waals surface area contributed by atoms with Crippen LogP contribution in [0.2, 0.25) is 0 Å². The molecular formula is C10H15N5O. The first-order valence-corrected chi connectivity index (χ1v) is 5.36. The highest BCUT2D eigenvalue weighted by molar-refractivity contribution is 5.82. The van der Waals surface area contributed by atoms with Crippen LogP contribution in [0.15, 0.2) is 12.7 Å². The van der Waals surface area contributed by atoms with Crippen LogP contribution in [0.3, 0.4) is 0 Å². The van der Waals surface area contributed by atoms with Crippen LogP contribution >= 0.6 is 0 Å². The molecule has 0 bridgehead atoms. The second-order valence-electron chi connectivity index (χ2n) is 3.51. The number of nitrogens with one attached hydrogen (secondary N) is 1. The Morgan fingerprint density at radius 1 is 1.31 bits per heavy atom. The number of imidazole rings is 1. The second kappa shape index (κ2) is 4.89. The molecular weight excluding hydrogens is 206 g/mol. The van der Waals surface area contributed by atoms with Crippen molar-refractivity contribution in [1.82, 2.24) is 19.9 Å². The number of aliphatic hydroxyl groups is 1. The molecule has 0 aromatic carbocycles. The molecule has 0 aliphatic heterocycles. The van der Waals surface area contributed by atoms with Crippen LogP contribution in [-0.2, 0) is 0 Å². The van der Waals surface area contributed by atoms with Gasteiger partial charge >= 0.3 is 0 Å². The zero-order valence-corrected chi connectivity index (χ0v) is 9.22. The monoisotopic (exact) mass is 221 g/mol. The van der Waals surface area contributed by atoms with Crippen molar-refractivity contribution < 1.29 is 5.11 Å². The summed E-state index contributed by atoms with van der Waals surface area (Å²) in [6.45, 7) is 3.63. The first-order valence-electron chi connectivity index (χ1n) is 5.36. The largest absolute Gasteiger partial charge is 0.395 e. The van der Waals surface area contributed by atoms with Gasteiger partial charge in [-0.15, -0.1) is 0 Å². The first-order chi connectivity index (χ1) is 7.86. The number of aliphatic hydroxyl groups excluding tert-OH is 1. The van der Waals surface area contributed by atoms with E-state index >= 15 is 0 Å². The lowest BCUT2D eigenvalue weighted by Gasteiger charge is -2.21. The van der Waals surface area contributed by atoms with Gasteiger partial charge in [-0.2, -0.15) is 0 Å². The molecule has 0 radical (unpaired) electrons. The van der Waals surface area contributed by atoms with Gasteiger partial charge in [0.05, 0.1) is 12.9 Å². The summed E-state index contributed by atoms with van der Waals surface area (Å²) in [4.78, 5) is 17.5. The van der Waals surface area contributed by atoms with E-state index in [0.717, 1.165) is 24.3 Å². The molecule has 0 aliphatic rings. The lowest BCUT2D eigenvalue weighted by atomic mass is 10.3. The Balaban J connectivity index is 2.38. The molecule has 0 spiro atoms. The van der Waals surface area contributed by atoms with Gasteiger partial charge in [-0.05, 0) is 6.42 Å². The number of aromatic nitrogens is 4. The third-order valence-corrected chi connectivity index (χ3v) is 2.37. The Hall–Kier alpha value is -1.69. The predicted molar refractivity (Wildman–Crippen MR) is 61.3 cm³/mol. The van der Waals surface area contributed by atoms with Crippen molar-refractivity contribution in [1.29, 1.82) is 0 Å². The zero-order valence-electron chi connectivity index (χ0n) is 9.22. The molecule has 86 valence electrons. The number of H-pyrrole nitrogens is 1. The minimum Gasteiger partial charge on any atom is -0.395 e. The highest BCUT2D eigenvalue weighted by atomic mass is 16.3. The van der Waals surface area contributed by atoms with E-state index in [1.165, 1.54) is 6.33 Å². The first kappa shape index (κ1) is 10.8. The summed E-state index contributed by atoms with van der Waals surface area (Å²) in [5.41, 5.74) is 1.48. The summed E-state index contributed by atoms with van der Waals surface area (Å²) in [6.07, 6.45) is 4.10. The molecule has 2 aromatic heterocycles. The molecule has 0 unspecified atom stereocenters. The Labute approximate surface area is 93.4 Å². The summed E-state index contributed by atoms with van der Waals surface area (Å²) >= 11 is 0. The maximum Gasteiger partial charge on any atom is 0.182 e. The summed E-state index contributed by atoms with van der Waals surface area (Å²) < 4.78 is 0. The molecule has 2 aromatic rings. The SMILES string of the molecule is CCCN(CCO)c1ncnc2nc[nH]c12. The van der Waals surface area contributed by atoms with E-state index in [0.29, 0.717) is 12.2 Å². The van der Waals surface area contributed by atoms with Gasteiger partial charge in [0.15, 0.2) is 11.5 Å². The minimum absolute atomic E-state index is 0.111. The van der Waals surface area contributed by atoms with Crippen LogP contribution in [0.25, 0.3) is 11.2 Å². The fraction of sp³-hybridized carbons (Fsp3) is 0.500. The van der Waals surface area contributed by atoms with Crippen molar-refractivity contribution in [3.05, 3.63) is 12.7 Å². The maximum atomic E-state index is 9.04. The van der Waals surface area contributed by atoms with Gasteiger partial charge in [-0.3, -0.25) is 0 Å². The Morgan fingerprint density at radius 2 is 2.19 bits per heavy atom. The van der Waals surface area contributed by atoms with Crippen LogP contribution in [-0.4, -0.2) is 44.7 Å². The number of hydrogen-bond donors (Lipinski definition) is 2. The summed E-state index contributed by atoms with van der Waals surface area (Å²) in [5.74, 6) is 0.804.